The van der Waals surface area contributed by atoms with Gasteiger partial charge < -0.3 is 5.73 Å². The zero-order valence-corrected chi connectivity index (χ0v) is 12.5. The lowest BCUT2D eigenvalue weighted by Crippen LogP contribution is -2.04. The van der Waals surface area contributed by atoms with Crippen LogP contribution < -0.4 is 5.73 Å². The Morgan fingerprint density at radius 3 is 2.20 bits per heavy atom. The summed E-state index contributed by atoms with van der Waals surface area (Å²) < 4.78 is 0. The van der Waals surface area contributed by atoms with E-state index in [0.717, 1.165) is 12.8 Å². The molecule has 0 bridgehead atoms. The van der Waals surface area contributed by atoms with Gasteiger partial charge >= 0.3 is 0 Å². The molecule has 0 aromatic heterocycles. The highest BCUT2D eigenvalue weighted by atomic mass is 35.5. The third kappa shape index (κ3) is 2.86. The van der Waals surface area contributed by atoms with Crippen molar-refractivity contribution in [2.75, 3.05) is 5.73 Å². The Balaban J connectivity index is 2.40. The van der Waals surface area contributed by atoms with E-state index < -0.39 is 0 Å². The first-order valence-corrected chi connectivity index (χ1v) is 7.16. The van der Waals surface area contributed by atoms with Crippen molar-refractivity contribution >= 4 is 23.1 Å². The van der Waals surface area contributed by atoms with Crippen LogP contribution in [0, 0.1) is 0 Å². The summed E-state index contributed by atoms with van der Waals surface area (Å²) in [7, 11) is 0. The van der Waals surface area contributed by atoms with Gasteiger partial charge in [-0.3, -0.25) is 4.79 Å². The van der Waals surface area contributed by atoms with Crippen LogP contribution in [0.5, 0.6) is 0 Å². The molecule has 0 aliphatic carbocycles. The molecule has 0 fully saturated rings. The van der Waals surface area contributed by atoms with Crippen LogP contribution in [0.25, 0.3) is 0 Å². The van der Waals surface area contributed by atoms with Crippen LogP contribution in [0.15, 0.2) is 36.4 Å². The van der Waals surface area contributed by atoms with Gasteiger partial charge in [-0.1, -0.05) is 37.6 Å². The number of nitrogens with two attached hydrogens (primary N) is 1. The van der Waals surface area contributed by atoms with Gasteiger partial charge in [-0.2, -0.15) is 0 Å². The van der Waals surface area contributed by atoms with Crippen LogP contribution in [0.1, 0.15) is 40.9 Å². The molecule has 0 radical (unpaired) electrons. The number of carbonyl (C=O) groups is 1. The van der Waals surface area contributed by atoms with Crippen LogP contribution in [0.3, 0.4) is 0 Å². The topological polar surface area (TPSA) is 43.1 Å². The van der Waals surface area contributed by atoms with Crippen molar-refractivity contribution in [3.63, 3.8) is 0 Å². The molecule has 2 aromatic carbocycles. The summed E-state index contributed by atoms with van der Waals surface area (Å²) in [6.07, 6.45) is 1.90. The Morgan fingerprint density at radius 2 is 1.60 bits per heavy atom. The van der Waals surface area contributed by atoms with Gasteiger partial charge in [0.15, 0.2) is 5.78 Å². The Morgan fingerprint density at radius 1 is 1.00 bits per heavy atom. The van der Waals surface area contributed by atoms with Crippen LogP contribution in [0.2, 0.25) is 5.02 Å². The summed E-state index contributed by atoms with van der Waals surface area (Å²) >= 11 is 5.97. The fraction of sp³-hybridized carbons (Fsp3) is 0.235. The molecular formula is C17H18ClNO. The average molecular weight is 288 g/mol. The van der Waals surface area contributed by atoms with Gasteiger partial charge in [0.1, 0.15) is 0 Å². The Hall–Kier alpha value is -1.80. The molecule has 2 nitrogen and oxygen atoms in total. The number of ketones is 1. The fourth-order valence-electron chi connectivity index (χ4n) is 2.28. The zero-order chi connectivity index (χ0) is 14.7. The molecule has 0 heterocycles. The van der Waals surface area contributed by atoms with Gasteiger partial charge in [0.2, 0.25) is 0 Å². The van der Waals surface area contributed by atoms with E-state index in [2.05, 4.69) is 13.8 Å². The number of rotatable bonds is 4. The molecule has 20 heavy (non-hydrogen) atoms. The van der Waals surface area contributed by atoms with Crippen LogP contribution in [0.4, 0.5) is 5.69 Å². The average Bonchev–Trinajstić information content (AvgIpc) is 2.48. The molecule has 0 atom stereocenters. The molecule has 2 aromatic rings. The number of hydrogen-bond acceptors (Lipinski definition) is 2. The summed E-state index contributed by atoms with van der Waals surface area (Å²) in [5, 5.41) is 0.414. The molecule has 104 valence electrons. The molecule has 2 N–H and O–H groups in total. The molecule has 3 heteroatoms. The van der Waals surface area contributed by atoms with Crippen molar-refractivity contribution in [2.45, 2.75) is 26.7 Å². The third-order valence-electron chi connectivity index (χ3n) is 3.49. The lowest BCUT2D eigenvalue weighted by Gasteiger charge is -2.09. The van der Waals surface area contributed by atoms with Crippen molar-refractivity contribution in [3.05, 3.63) is 63.7 Å². The van der Waals surface area contributed by atoms with E-state index in [1.807, 2.05) is 18.2 Å². The minimum Gasteiger partial charge on any atom is -0.398 e. The van der Waals surface area contributed by atoms with Gasteiger partial charge in [0, 0.05) is 11.1 Å². The lowest BCUT2D eigenvalue weighted by atomic mass is 9.96. The number of aryl methyl sites for hydroxylation is 2. The predicted molar refractivity (Wildman–Crippen MR) is 84.5 cm³/mol. The predicted octanol–water partition coefficient (Wildman–Crippen LogP) is 4.28. The number of anilines is 1. The number of hydrogen-bond donors (Lipinski definition) is 1. The molecule has 0 saturated carbocycles. The Bertz CT molecular complexity index is 649. The van der Waals surface area contributed by atoms with E-state index in [0.29, 0.717) is 21.8 Å². The summed E-state index contributed by atoms with van der Waals surface area (Å²) in [6, 6.07) is 10.9. The zero-order valence-electron chi connectivity index (χ0n) is 11.7. The van der Waals surface area contributed by atoms with Crippen LogP contribution >= 0.6 is 11.6 Å². The molecule has 0 spiro atoms. The number of benzene rings is 2. The SMILES string of the molecule is CCc1ccc(C(=O)c2ccc(N)c(Cl)c2)cc1CC. The molecule has 0 aliphatic heterocycles. The van der Waals surface area contributed by atoms with E-state index in [9.17, 15) is 4.79 Å². The van der Waals surface area contributed by atoms with Gasteiger partial charge in [-0.05, 0) is 48.2 Å². The van der Waals surface area contributed by atoms with Gasteiger partial charge in [-0.15, -0.1) is 0 Å². The van der Waals surface area contributed by atoms with E-state index in [-0.39, 0.29) is 5.78 Å². The third-order valence-corrected chi connectivity index (χ3v) is 3.82. The van der Waals surface area contributed by atoms with Crippen molar-refractivity contribution in [1.29, 1.82) is 0 Å². The van der Waals surface area contributed by atoms with E-state index in [1.165, 1.54) is 11.1 Å². The Labute approximate surface area is 124 Å². The molecule has 2 rings (SSSR count). The second-order valence-electron chi connectivity index (χ2n) is 4.76. The number of nitrogen functional groups attached to an aromatic ring is 1. The van der Waals surface area contributed by atoms with Gasteiger partial charge in [0.05, 0.1) is 10.7 Å². The monoisotopic (exact) mass is 287 g/mol. The highest BCUT2D eigenvalue weighted by Gasteiger charge is 2.12. The smallest absolute Gasteiger partial charge is 0.193 e. The highest BCUT2D eigenvalue weighted by molar-refractivity contribution is 6.33. The quantitative estimate of drug-likeness (QED) is 0.674. The second kappa shape index (κ2) is 6.10. The minimum absolute atomic E-state index is 0.0238. The number of carbonyl (C=O) groups excluding carboxylic acids is 1. The largest absolute Gasteiger partial charge is 0.398 e. The highest BCUT2D eigenvalue weighted by Crippen LogP contribution is 2.22. The summed E-state index contributed by atoms with van der Waals surface area (Å²) in [5.41, 5.74) is 9.93. The minimum atomic E-state index is -0.0238. The van der Waals surface area contributed by atoms with Crippen molar-refractivity contribution in [1.82, 2.24) is 0 Å². The molecule has 0 amide bonds. The first-order valence-electron chi connectivity index (χ1n) is 6.78. The normalized spacial score (nSPS) is 10.6. The first-order chi connectivity index (χ1) is 9.56. The van der Waals surface area contributed by atoms with Gasteiger partial charge in [-0.25, -0.2) is 0 Å². The molecule has 0 unspecified atom stereocenters. The van der Waals surface area contributed by atoms with E-state index >= 15 is 0 Å². The Kier molecular flexibility index (Phi) is 4.46. The van der Waals surface area contributed by atoms with E-state index in [1.54, 1.807) is 18.2 Å². The van der Waals surface area contributed by atoms with Crippen LogP contribution in [-0.2, 0) is 12.8 Å². The molecule has 0 saturated heterocycles. The summed E-state index contributed by atoms with van der Waals surface area (Å²) in [4.78, 5) is 12.5. The maximum atomic E-state index is 12.5. The summed E-state index contributed by atoms with van der Waals surface area (Å²) in [5.74, 6) is -0.0238. The standard InChI is InChI=1S/C17H18ClNO/c1-3-11-5-6-13(9-12(11)4-2)17(20)14-7-8-16(19)15(18)10-14/h5-10H,3-4,19H2,1-2H3. The van der Waals surface area contributed by atoms with Gasteiger partial charge in [0.25, 0.3) is 0 Å². The van der Waals surface area contributed by atoms with E-state index in [4.69, 9.17) is 17.3 Å². The first kappa shape index (κ1) is 14.6. The van der Waals surface area contributed by atoms with Crippen molar-refractivity contribution in [3.8, 4) is 0 Å². The molecular weight excluding hydrogens is 270 g/mol. The fourth-order valence-corrected chi connectivity index (χ4v) is 2.46. The lowest BCUT2D eigenvalue weighted by molar-refractivity contribution is 0.103. The maximum Gasteiger partial charge on any atom is 0.193 e. The number of halogens is 1. The summed E-state index contributed by atoms with van der Waals surface area (Å²) in [6.45, 7) is 4.22. The second-order valence-corrected chi connectivity index (χ2v) is 5.16. The van der Waals surface area contributed by atoms with Crippen molar-refractivity contribution < 1.29 is 4.79 Å². The van der Waals surface area contributed by atoms with Crippen LogP contribution in [-0.4, -0.2) is 5.78 Å². The molecule has 0 aliphatic rings. The van der Waals surface area contributed by atoms with Crippen molar-refractivity contribution in [2.24, 2.45) is 0 Å². The maximum absolute atomic E-state index is 12.5.